The van der Waals surface area contributed by atoms with E-state index in [1.165, 1.54) is 0 Å². The third kappa shape index (κ3) is 15.9. The van der Waals surface area contributed by atoms with Gasteiger partial charge in [-0.15, -0.1) is 0 Å². The molecule has 0 amide bonds. The van der Waals surface area contributed by atoms with Crippen LogP contribution in [0.2, 0.25) is 0 Å². The maximum absolute atomic E-state index is 12.5. The summed E-state index contributed by atoms with van der Waals surface area (Å²) in [5, 5.41) is 30.3. The van der Waals surface area contributed by atoms with Crippen LogP contribution in [-0.4, -0.2) is 96.6 Å². The highest BCUT2D eigenvalue weighted by molar-refractivity contribution is 5.98. The van der Waals surface area contributed by atoms with Crippen molar-refractivity contribution < 1.29 is 69.9 Å². The monoisotopic (exact) mass is 758 g/mol. The number of ether oxygens (including phenoxy) is 4. The van der Waals surface area contributed by atoms with Crippen LogP contribution < -0.4 is 15.2 Å². The summed E-state index contributed by atoms with van der Waals surface area (Å²) in [5.41, 5.74) is 8.40. The Hall–Kier alpha value is -5.85. The molecule has 0 unspecified atom stereocenters. The lowest BCUT2D eigenvalue weighted by Gasteiger charge is -2.18. The van der Waals surface area contributed by atoms with Crippen LogP contribution in [0.5, 0.6) is 11.5 Å². The zero-order valence-electron chi connectivity index (χ0n) is 27.8. The van der Waals surface area contributed by atoms with Gasteiger partial charge < -0.3 is 39.8 Å². The highest BCUT2D eigenvalue weighted by Crippen LogP contribution is 2.28. The molecule has 1 aliphatic heterocycles. The molecule has 0 atom stereocenters. The minimum atomic E-state index is -5.08. The minimum absolute atomic E-state index is 0.0219. The number of nitrogens with two attached hydrogens (primary N) is 1. The van der Waals surface area contributed by atoms with Gasteiger partial charge in [0.2, 0.25) is 0 Å². The minimum Gasteiger partial charge on any atom is -0.487 e. The fourth-order valence-electron chi connectivity index (χ4n) is 4.14. The molecule has 1 saturated heterocycles. The molecule has 13 nitrogen and oxygen atoms in total. The zero-order chi connectivity index (χ0) is 39.6. The Morgan fingerprint density at radius 1 is 0.698 bits per heavy atom. The van der Waals surface area contributed by atoms with Crippen molar-refractivity contribution in [3.63, 3.8) is 0 Å². The highest BCUT2D eigenvalue weighted by atomic mass is 19.4. The Labute approximate surface area is 298 Å². The lowest BCUT2D eigenvalue weighted by atomic mass is 10.1. The molecule has 6 N–H and O–H groups in total. The summed E-state index contributed by atoms with van der Waals surface area (Å²) >= 11 is 0. The second-order valence-corrected chi connectivity index (χ2v) is 10.7. The van der Waals surface area contributed by atoms with Crippen molar-refractivity contribution in [2.24, 2.45) is 5.73 Å². The summed E-state index contributed by atoms with van der Waals surface area (Å²) in [7, 11) is 0. The number of carbonyl (C=O) groups is 3. The quantitative estimate of drug-likeness (QED) is 0.0485. The number of carboxylic acids is 2. The van der Waals surface area contributed by atoms with Gasteiger partial charge in [-0.3, -0.25) is 10.8 Å². The molecule has 0 saturated carbocycles. The standard InChI is InChI=1S/C30H34N4O5.2C2HF3O2/c31-28(32)25-12-13-26(37-17-16-36-21-22-6-2-1-3-7-22)27(20-25)38-18-19-39-30(35)24-10-8-23(9-11-24)29(33)34-14-4-5-15-34;2*3-2(4,5)1(6)7/h1-3,6-13,20,33H,4-5,14-19,21H2,(H3,31,32);2*(H,6,7). The fourth-order valence-corrected chi connectivity index (χ4v) is 4.14. The van der Waals surface area contributed by atoms with E-state index in [1.807, 2.05) is 35.2 Å². The lowest BCUT2D eigenvalue weighted by Crippen LogP contribution is -2.27. The largest absolute Gasteiger partial charge is 0.490 e. The van der Waals surface area contributed by atoms with Crippen molar-refractivity contribution >= 4 is 29.6 Å². The second kappa shape index (κ2) is 20.9. The number of nitrogens with zero attached hydrogens (tertiary/aromatic N) is 1. The molecule has 1 fully saturated rings. The van der Waals surface area contributed by atoms with E-state index in [1.54, 1.807) is 42.5 Å². The van der Waals surface area contributed by atoms with Gasteiger partial charge in [-0.1, -0.05) is 42.5 Å². The van der Waals surface area contributed by atoms with Gasteiger partial charge in [-0.2, -0.15) is 26.3 Å². The molecule has 1 aliphatic rings. The molecular formula is C34H36F6N4O9. The number of benzene rings is 3. The molecule has 0 bridgehead atoms. The average molecular weight is 759 g/mol. The van der Waals surface area contributed by atoms with Gasteiger partial charge in [0.15, 0.2) is 11.5 Å². The van der Waals surface area contributed by atoms with E-state index in [4.69, 9.17) is 55.3 Å². The van der Waals surface area contributed by atoms with Crippen LogP contribution in [0.25, 0.3) is 0 Å². The van der Waals surface area contributed by atoms with Gasteiger partial charge in [-0.25, -0.2) is 14.4 Å². The van der Waals surface area contributed by atoms with Gasteiger partial charge in [0.05, 0.1) is 18.8 Å². The van der Waals surface area contributed by atoms with Gasteiger partial charge in [0.25, 0.3) is 0 Å². The maximum atomic E-state index is 12.5. The van der Waals surface area contributed by atoms with E-state index < -0.39 is 30.3 Å². The van der Waals surface area contributed by atoms with Crippen LogP contribution in [0, 0.1) is 10.8 Å². The van der Waals surface area contributed by atoms with E-state index in [2.05, 4.69) is 0 Å². The van der Waals surface area contributed by atoms with Crippen molar-refractivity contribution in [3.05, 3.63) is 95.1 Å². The molecule has 3 aromatic carbocycles. The molecule has 3 aromatic rings. The number of alkyl halides is 6. The number of rotatable bonds is 13. The van der Waals surface area contributed by atoms with E-state index in [0.29, 0.717) is 48.3 Å². The van der Waals surface area contributed by atoms with Crippen LogP contribution in [0.4, 0.5) is 26.3 Å². The number of carbonyl (C=O) groups excluding carboxylic acids is 1. The highest BCUT2D eigenvalue weighted by Gasteiger charge is 2.38. The maximum Gasteiger partial charge on any atom is 0.490 e. The predicted octanol–water partition coefficient (Wildman–Crippen LogP) is 5.49. The number of carboxylic acid groups (broad SMARTS) is 2. The number of nitrogen functional groups attached to an aromatic ring is 1. The van der Waals surface area contributed by atoms with Crippen LogP contribution in [0.15, 0.2) is 72.8 Å². The summed E-state index contributed by atoms with van der Waals surface area (Å²) in [5.74, 6) is -4.72. The van der Waals surface area contributed by atoms with E-state index in [0.717, 1.165) is 37.1 Å². The van der Waals surface area contributed by atoms with Gasteiger partial charge in [-0.05, 0) is 48.7 Å². The number of hydrogen-bond acceptors (Lipinski definition) is 9. The Bertz CT molecular complexity index is 1640. The van der Waals surface area contributed by atoms with Gasteiger partial charge in [0, 0.05) is 24.2 Å². The van der Waals surface area contributed by atoms with Crippen molar-refractivity contribution in [2.45, 2.75) is 31.8 Å². The normalized spacial score (nSPS) is 12.3. The molecule has 1 heterocycles. The predicted molar refractivity (Wildman–Crippen MR) is 176 cm³/mol. The lowest BCUT2D eigenvalue weighted by molar-refractivity contribution is -0.193. The molecular weight excluding hydrogens is 722 g/mol. The first-order valence-electron chi connectivity index (χ1n) is 15.5. The van der Waals surface area contributed by atoms with Crippen LogP contribution in [0.3, 0.4) is 0 Å². The molecule has 4 rings (SSSR count). The molecule has 19 heteroatoms. The summed E-state index contributed by atoms with van der Waals surface area (Å²) in [6.07, 6.45) is -7.96. The van der Waals surface area contributed by atoms with Crippen molar-refractivity contribution in [3.8, 4) is 11.5 Å². The van der Waals surface area contributed by atoms with Crippen LogP contribution in [0.1, 0.15) is 39.9 Å². The Morgan fingerprint density at radius 3 is 1.72 bits per heavy atom. The van der Waals surface area contributed by atoms with E-state index >= 15 is 0 Å². The first-order chi connectivity index (χ1) is 24.9. The molecule has 0 spiro atoms. The SMILES string of the molecule is N=C(N)c1ccc(OCCOCc2ccccc2)c(OCCOC(=O)c2ccc(C(=N)N3CCCC3)cc2)c1.O=C(O)C(F)(F)F.O=C(O)C(F)(F)F. The van der Waals surface area contributed by atoms with Crippen molar-refractivity contribution in [2.75, 3.05) is 39.5 Å². The number of hydrogen-bond donors (Lipinski definition) is 5. The van der Waals surface area contributed by atoms with E-state index in [-0.39, 0.29) is 19.0 Å². The Morgan fingerprint density at radius 2 is 1.19 bits per heavy atom. The van der Waals surface area contributed by atoms with Crippen molar-refractivity contribution in [1.29, 1.82) is 10.8 Å². The first kappa shape index (κ1) is 43.3. The smallest absolute Gasteiger partial charge is 0.487 e. The number of amidine groups is 2. The molecule has 0 aliphatic carbocycles. The van der Waals surface area contributed by atoms with E-state index in [9.17, 15) is 31.1 Å². The summed E-state index contributed by atoms with van der Waals surface area (Å²) in [4.78, 5) is 32.3. The summed E-state index contributed by atoms with van der Waals surface area (Å²) < 4.78 is 86.2. The topological polar surface area (TPSA) is 206 Å². The summed E-state index contributed by atoms with van der Waals surface area (Å²) in [6.45, 7) is 3.09. The number of halogens is 6. The van der Waals surface area contributed by atoms with Crippen molar-refractivity contribution in [1.82, 2.24) is 4.90 Å². The first-order valence-corrected chi connectivity index (χ1v) is 15.5. The fraction of sp³-hybridized carbons (Fsp3) is 0.324. The summed E-state index contributed by atoms with van der Waals surface area (Å²) in [6, 6.07) is 21.8. The molecule has 53 heavy (non-hydrogen) atoms. The third-order valence-electron chi connectivity index (χ3n) is 6.73. The number of likely N-dealkylation sites (tertiary alicyclic amines) is 1. The van der Waals surface area contributed by atoms with Crippen LogP contribution >= 0.6 is 0 Å². The number of nitrogens with one attached hydrogen (secondary N) is 2. The number of aliphatic carboxylic acids is 2. The zero-order valence-corrected chi connectivity index (χ0v) is 27.8. The Kier molecular flexibility index (Phi) is 17.1. The molecule has 0 radical (unpaired) electrons. The average Bonchev–Trinajstić information content (AvgIpc) is 3.65. The Balaban J connectivity index is 0.000000587. The van der Waals surface area contributed by atoms with Crippen LogP contribution in [-0.2, 0) is 25.7 Å². The molecule has 0 aromatic heterocycles. The van der Waals surface area contributed by atoms with Gasteiger partial charge in [0.1, 0.15) is 31.5 Å². The van der Waals surface area contributed by atoms with Gasteiger partial charge >= 0.3 is 30.3 Å². The number of esters is 1. The molecule has 288 valence electrons. The third-order valence-corrected chi connectivity index (χ3v) is 6.73. The second-order valence-electron chi connectivity index (χ2n) is 10.7.